The average Bonchev–Trinajstić information content (AvgIpc) is 3.22. The molecule has 3 nitrogen and oxygen atoms in total. The summed E-state index contributed by atoms with van der Waals surface area (Å²) in [6.07, 6.45) is 2.07. The van der Waals surface area contributed by atoms with Crippen LogP contribution in [0.5, 0.6) is 0 Å². The molecule has 4 rings (SSSR count). The molecule has 0 unspecified atom stereocenters. The summed E-state index contributed by atoms with van der Waals surface area (Å²) in [4.78, 5) is 21.0. The minimum Gasteiger partial charge on any atom is -0.319 e. The van der Waals surface area contributed by atoms with E-state index in [2.05, 4.69) is 30.5 Å². The van der Waals surface area contributed by atoms with Crippen LogP contribution in [0.15, 0.2) is 75.8 Å². The fraction of sp³-hybridized carbons (Fsp3) is 0.227. The van der Waals surface area contributed by atoms with Crippen LogP contribution in [-0.4, -0.2) is 17.5 Å². The lowest BCUT2D eigenvalue weighted by molar-refractivity contribution is 0.204. The number of hydrogen-bond acceptors (Lipinski definition) is 3. The number of amides is 2. The molecule has 0 aliphatic carbocycles. The first-order valence-electron chi connectivity index (χ1n) is 9.25. The molecule has 138 valence electrons. The van der Waals surface area contributed by atoms with Gasteiger partial charge >= 0.3 is 6.03 Å². The van der Waals surface area contributed by atoms with Gasteiger partial charge in [0.2, 0.25) is 0 Å². The fourth-order valence-electron chi connectivity index (χ4n) is 3.23. The number of urea groups is 1. The van der Waals surface area contributed by atoms with Crippen LogP contribution >= 0.6 is 23.1 Å². The summed E-state index contributed by atoms with van der Waals surface area (Å²) in [5, 5.41) is 2.07. The van der Waals surface area contributed by atoms with Gasteiger partial charge < -0.3 is 4.90 Å². The van der Waals surface area contributed by atoms with E-state index < -0.39 is 0 Å². The van der Waals surface area contributed by atoms with Crippen LogP contribution in [-0.2, 0) is 6.54 Å². The third kappa shape index (κ3) is 3.75. The van der Waals surface area contributed by atoms with E-state index in [4.69, 9.17) is 0 Å². The molecule has 0 spiro atoms. The molecule has 2 heterocycles. The monoisotopic (exact) mass is 394 g/mol. The molecular weight excluding hydrogens is 372 g/mol. The minimum absolute atomic E-state index is 0.0528. The average molecular weight is 395 g/mol. The van der Waals surface area contributed by atoms with Crippen molar-refractivity contribution in [2.75, 3.05) is 11.4 Å². The maximum Gasteiger partial charge on any atom is 0.329 e. The predicted octanol–water partition coefficient (Wildman–Crippen LogP) is 6.77. The van der Waals surface area contributed by atoms with E-state index >= 15 is 0 Å². The number of carbonyl (C=O) groups excluding carboxylic acids is 1. The second-order valence-electron chi connectivity index (χ2n) is 6.51. The Morgan fingerprint density at radius 3 is 2.22 bits per heavy atom. The molecule has 0 radical (unpaired) electrons. The number of hydrogen-bond donors (Lipinski definition) is 0. The summed E-state index contributed by atoms with van der Waals surface area (Å²) in [5.74, 6) is 0. The molecule has 0 bridgehead atoms. The van der Waals surface area contributed by atoms with Crippen LogP contribution in [0.2, 0.25) is 0 Å². The van der Waals surface area contributed by atoms with Gasteiger partial charge in [0.25, 0.3) is 0 Å². The zero-order valence-electron chi connectivity index (χ0n) is 15.3. The Labute approximate surface area is 168 Å². The molecule has 0 saturated heterocycles. The van der Waals surface area contributed by atoms with Crippen molar-refractivity contribution in [3.8, 4) is 0 Å². The summed E-state index contributed by atoms with van der Waals surface area (Å²) >= 11 is 3.43. The SMILES string of the molecule is CCCCN(Cc1cccs1)C(=O)N1c2ccccc2Sc2ccccc21. The number of unbranched alkanes of at least 4 members (excludes halogenated alkanes) is 1. The van der Waals surface area contributed by atoms with Gasteiger partial charge in [-0.1, -0.05) is 55.4 Å². The minimum atomic E-state index is 0.0528. The number of carbonyl (C=O) groups is 1. The highest BCUT2D eigenvalue weighted by Gasteiger charge is 2.31. The van der Waals surface area contributed by atoms with E-state index in [1.807, 2.05) is 52.3 Å². The van der Waals surface area contributed by atoms with Gasteiger partial charge in [-0.05, 0) is 42.1 Å². The first-order valence-corrected chi connectivity index (χ1v) is 10.9. The lowest BCUT2D eigenvalue weighted by Gasteiger charge is -2.35. The Hall–Kier alpha value is -2.24. The van der Waals surface area contributed by atoms with Crippen molar-refractivity contribution in [3.05, 3.63) is 70.9 Å². The van der Waals surface area contributed by atoms with Gasteiger partial charge in [0, 0.05) is 21.2 Å². The topological polar surface area (TPSA) is 23.6 Å². The normalized spacial score (nSPS) is 12.4. The predicted molar refractivity (Wildman–Crippen MR) is 114 cm³/mol. The van der Waals surface area contributed by atoms with Crippen molar-refractivity contribution in [3.63, 3.8) is 0 Å². The van der Waals surface area contributed by atoms with Gasteiger partial charge in [-0.25, -0.2) is 4.79 Å². The second kappa shape index (κ2) is 8.19. The van der Waals surface area contributed by atoms with Crippen LogP contribution in [0.3, 0.4) is 0 Å². The van der Waals surface area contributed by atoms with Crippen LogP contribution in [0, 0.1) is 0 Å². The quantitative estimate of drug-likeness (QED) is 0.476. The first kappa shape index (κ1) is 18.1. The van der Waals surface area contributed by atoms with Gasteiger partial charge in [0.05, 0.1) is 17.9 Å². The number of rotatable bonds is 5. The van der Waals surface area contributed by atoms with Crippen LogP contribution in [0.4, 0.5) is 16.2 Å². The maximum atomic E-state index is 13.7. The van der Waals surface area contributed by atoms with Gasteiger partial charge in [-0.2, -0.15) is 0 Å². The molecule has 1 aliphatic rings. The summed E-state index contributed by atoms with van der Waals surface area (Å²) < 4.78 is 0. The highest BCUT2D eigenvalue weighted by atomic mass is 32.2. The van der Waals surface area contributed by atoms with Gasteiger partial charge in [-0.3, -0.25) is 4.90 Å². The van der Waals surface area contributed by atoms with Crippen molar-refractivity contribution < 1.29 is 4.79 Å². The fourth-order valence-corrected chi connectivity index (χ4v) is 5.01. The van der Waals surface area contributed by atoms with Crippen LogP contribution in [0.1, 0.15) is 24.6 Å². The number of fused-ring (bicyclic) bond motifs is 2. The molecule has 0 atom stereocenters. The largest absolute Gasteiger partial charge is 0.329 e. The van der Waals surface area contributed by atoms with Crippen LogP contribution in [0.25, 0.3) is 0 Å². The van der Waals surface area contributed by atoms with Crippen LogP contribution < -0.4 is 4.90 Å². The number of para-hydroxylation sites is 2. The highest BCUT2D eigenvalue weighted by Crippen LogP contribution is 2.48. The molecule has 1 aromatic heterocycles. The zero-order valence-corrected chi connectivity index (χ0v) is 16.9. The van der Waals surface area contributed by atoms with Gasteiger partial charge in [0.1, 0.15) is 0 Å². The summed E-state index contributed by atoms with van der Waals surface area (Å²) in [5.41, 5.74) is 1.94. The number of benzene rings is 2. The van der Waals surface area contributed by atoms with Crippen molar-refractivity contribution in [2.45, 2.75) is 36.1 Å². The van der Waals surface area contributed by atoms with E-state index in [9.17, 15) is 4.79 Å². The van der Waals surface area contributed by atoms with E-state index in [1.165, 1.54) is 4.88 Å². The molecule has 27 heavy (non-hydrogen) atoms. The number of nitrogens with zero attached hydrogens (tertiary/aromatic N) is 2. The number of thiophene rings is 1. The Balaban J connectivity index is 1.72. The Morgan fingerprint density at radius 2 is 1.63 bits per heavy atom. The third-order valence-electron chi connectivity index (χ3n) is 4.60. The molecule has 0 fully saturated rings. The van der Waals surface area contributed by atoms with Crippen molar-refractivity contribution in [1.29, 1.82) is 0 Å². The van der Waals surface area contributed by atoms with Crippen molar-refractivity contribution in [1.82, 2.24) is 4.90 Å². The smallest absolute Gasteiger partial charge is 0.319 e. The molecule has 0 N–H and O–H groups in total. The van der Waals surface area contributed by atoms with Gasteiger partial charge in [0.15, 0.2) is 0 Å². The molecule has 5 heteroatoms. The Bertz CT molecular complexity index is 878. The number of anilines is 2. The lowest BCUT2D eigenvalue weighted by Crippen LogP contribution is -2.41. The van der Waals surface area contributed by atoms with Crippen molar-refractivity contribution >= 4 is 40.5 Å². The highest BCUT2D eigenvalue weighted by molar-refractivity contribution is 7.99. The third-order valence-corrected chi connectivity index (χ3v) is 6.59. The summed E-state index contributed by atoms with van der Waals surface area (Å²) in [6, 6.07) is 20.5. The first-order chi connectivity index (χ1) is 13.3. The zero-order chi connectivity index (χ0) is 18.6. The van der Waals surface area contributed by atoms with E-state index in [-0.39, 0.29) is 6.03 Å². The standard InChI is InChI=1S/C22H22N2OS2/c1-2-3-14-23(16-17-9-8-15-26-17)22(25)24-18-10-4-6-12-20(18)27-21-13-7-5-11-19(21)24/h4-13,15H,2-3,14,16H2,1H3. The van der Waals surface area contributed by atoms with Gasteiger partial charge in [-0.15, -0.1) is 11.3 Å². The Morgan fingerprint density at radius 1 is 0.963 bits per heavy atom. The van der Waals surface area contributed by atoms with Crippen molar-refractivity contribution in [2.24, 2.45) is 0 Å². The van der Waals surface area contributed by atoms with E-state index in [1.54, 1.807) is 23.1 Å². The lowest BCUT2D eigenvalue weighted by atomic mass is 10.2. The second-order valence-corrected chi connectivity index (χ2v) is 8.63. The van der Waals surface area contributed by atoms with E-state index in [0.29, 0.717) is 6.54 Å². The summed E-state index contributed by atoms with van der Waals surface area (Å²) in [7, 11) is 0. The Kier molecular flexibility index (Phi) is 5.50. The molecule has 2 amide bonds. The maximum absolute atomic E-state index is 13.7. The van der Waals surface area contributed by atoms with E-state index in [0.717, 1.165) is 40.6 Å². The molecule has 1 aliphatic heterocycles. The molecule has 0 saturated carbocycles. The molecule has 3 aromatic rings. The summed E-state index contributed by atoms with van der Waals surface area (Å²) in [6.45, 7) is 3.58. The molecule has 2 aromatic carbocycles. The molecular formula is C22H22N2OS2.